The quantitative estimate of drug-likeness (QED) is 0.724. The van der Waals surface area contributed by atoms with Gasteiger partial charge in [0.1, 0.15) is 0 Å². The number of hydrogen-bond acceptors (Lipinski definition) is 3. The predicted octanol–water partition coefficient (Wildman–Crippen LogP) is 1.19. The van der Waals surface area contributed by atoms with Gasteiger partial charge >= 0.3 is 5.97 Å². The second kappa shape index (κ2) is 6.00. The minimum Gasteiger partial charge on any atom is -0.481 e. The van der Waals surface area contributed by atoms with Crippen molar-refractivity contribution in [2.75, 3.05) is 13.7 Å². The number of hydrogen-bond donors (Lipinski definition) is 2. The molecule has 0 spiro atoms. The topological polar surface area (TPSA) is 75.6 Å². The molecular weight excluding hydrogens is 234 g/mol. The van der Waals surface area contributed by atoms with Crippen molar-refractivity contribution in [1.29, 1.82) is 0 Å². The van der Waals surface area contributed by atoms with Gasteiger partial charge in [0.25, 0.3) is 0 Å². The van der Waals surface area contributed by atoms with Crippen molar-refractivity contribution in [2.45, 2.75) is 32.2 Å². The van der Waals surface area contributed by atoms with Gasteiger partial charge in [0, 0.05) is 7.11 Å². The van der Waals surface area contributed by atoms with Crippen molar-refractivity contribution < 1.29 is 19.4 Å². The average Bonchev–Trinajstić information content (AvgIpc) is 2.28. The predicted molar refractivity (Wildman–Crippen MR) is 67.1 cm³/mol. The Kier molecular flexibility index (Phi) is 4.90. The molecule has 102 valence electrons. The Morgan fingerprint density at radius 2 is 1.89 bits per heavy atom. The highest BCUT2D eigenvalue weighted by Crippen LogP contribution is 2.26. The van der Waals surface area contributed by atoms with E-state index in [4.69, 9.17) is 9.84 Å². The van der Waals surface area contributed by atoms with Gasteiger partial charge in [-0.05, 0) is 26.7 Å². The van der Waals surface area contributed by atoms with Crippen LogP contribution in [0.2, 0.25) is 0 Å². The van der Waals surface area contributed by atoms with E-state index in [0.717, 1.165) is 0 Å². The molecule has 1 rings (SSSR count). The molecule has 0 aliphatic heterocycles. The number of nitrogens with one attached hydrogen (secondary N) is 1. The molecule has 0 aromatic heterocycles. The Morgan fingerprint density at radius 3 is 2.39 bits per heavy atom. The molecule has 1 aliphatic rings. The summed E-state index contributed by atoms with van der Waals surface area (Å²) in [7, 11) is 1.57. The molecule has 5 nitrogen and oxygen atoms in total. The fourth-order valence-corrected chi connectivity index (χ4v) is 2.20. The van der Waals surface area contributed by atoms with Gasteiger partial charge in [-0.2, -0.15) is 0 Å². The summed E-state index contributed by atoms with van der Waals surface area (Å²) in [6.07, 6.45) is 4.58. The summed E-state index contributed by atoms with van der Waals surface area (Å²) in [4.78, 5) is 23.3. The SMILES string of the molecule is COCC(C)(C)NC(=O)[C@@H]1CC=CC[C@@H]1C(=O)O. The molecule has 0 saturated carbocycles. The van der Waals surface area contributed by atoms with Gasteiger partial charge in [-0.3, -0.25) is 9.59 Å². The molecule has 0 radical (unpaired) electrons. The molecular formula is C13H21NO4. The largest absolute Gasteiger partial charge is 0.481 e. The van der Waals surface area contributed by atoms with Gasteiger partial charge in [-0.25, -0.2) is 0 Å². The van der Waals surface area contributed by atoms with E-state index in [1.165, 1.54) is 0 Å². The van der Waals surface area contributed by atoms with Gasteiger partial charge in [-0.1, -0.05) is 12.2 Å². The van der Waals surface area contributed by atoms with Crippen molar-refractivity contribution >= 4 is 11.9 Å². The molecule has 0 aromatic carbocycles. The summed E-state index contributed by atoms with van der Waals surface area (Å²) >= 11 is 0. The van der Waals surface area contributed by atoms with Crippen LogP contribution in [-0.2, 0) is 14.3 Å². The Balaban J connectivity index is 2.70. The standard InChI is InChI=1S/C13H21NO4/c1-13(2,8-18-3)14-11(15)9-6-4-5-7-10(9)12(16)17/h4-5,9-10H,6-8H2,1-3H3,(H,14,15)(H,16,17)/t9-,10+/m1/s1. The minimum atomic E-state index is -0.913. The summed E-state index contributed by atoms with van der Waals surface area (Å²) in [6, 6.07) is 0. The highest BCUT2D eigenvalue weighted by Gasteiger charge is 2.35. The number of carboxylic acids is 1. The molecule has 0 unspecified atom stereocenters. The molecule has 1 aliphatic carbocycles. The summed E-state index contributed by atoms with van der Waals surface area (Å²) in [5, 5.41) is 12.0. The van der Waals surface area contributed by atoms with E-state index >= 15 is 0 Å². The van der Waals surface area contributed by atoms with Crippen molar-refractivity contribution in [1.82, 2.24) is 5.32 Å². The summed E-state index contributed by atoms with van der Waals surface area (Å²) < 4.78 is 5.02. The van der Waals surface area contributed by atoms with Gasteiger partial charge in [-0.15, -0.1) is 0 Å². The third-order valence-electron chi connectivity index (χ3n) is 3.05. The van der Waals surface area contributed by atoms with Gasteiger partial charge in [0.15, 0.2) is 0 Å². The minimum absolute atomic E-state index is 0.214. The molecule has 2 atom stereocenters. The van der Waals surface area contributed by atoms with E-state index < -0.39 is 23.3 Å². The Labute approximate surface area is 107 Å². The maximum atomic E-state index is 12.1. The van der Waals surface area contributed by atoms with E-state index in [1.54, 1.807) is 7.11 Å². The van der Waals surface area contributed by atoms with Crippen LogP contribution in [0.1, 0.15) is 26.7 Å². The highest BCUT2D eigenvalue weighted by molar-refractivity contribution is 5.85. The molecule has 2 N–H and O–H groups in total. The Bertz CT molecular complexity index is 349. The second-order valence-electron chi connectivity index (χ2n) is 5.30. The van der Waals surface area contributed by atoms with Crippen LogP contribution < -0.4 is 5.32 Å². The lowest BCUT2D eigenvalue weighted by atomic mass is 9.82. The van der Waals surface area contributed by atoms with Crippen LogP contribution in [0.25, 0.3) is 0 Å². The smallest absolute Gasteiger partial charge is 0.307 e. The first-order valence-electron chi connectivity index (χ1n) is 6.06. The van der Waals surface area contributed by atoms with Crippen LogP contribution >= 0.6 is 0 Å². The lowest BCUT2D eigenvalue weighted by Crippen LogP contribution is -2.51. The molecule has 1 amide bonds. The zero-order chi connectivity index (χ0) is 13.8. The number of amides is 1. The number of carbonyl (C=O) groups excluding carboxylic acids is 1. The summed E-state index contributed by atoms with van der Waals surface area (Å²) in [5.74, 6) is -2.25. The normalized spacial score (nSPS) is 23.7. The number of aliphatic carboxylic acids is 1. The van der Waals surface area contributed by atoms with Crippen molar-refractivity contribution in [3.8, 4) is 0 Å². The van der Waals surface area contributed by atoms with Crippen LogP contribution in [0.5, 0.6) is 0 Å². The van der Waals surface area contributed by atoms with E-state index in [2.05, 4.69) is 5.32 Å². The molecule has 18 heavy (non-hydrogen) atoms. The fourth-order valence-electron chi connectivity index (χ4n) is 2.20. The van der Waals surface area contributed by atoms with E-state index in [-0.39, 0.29) is 5.91 Å². The zero-order valence-corrected chi connectivity index (χ0v) is 11.1. The molecule has 0 saturated heterocycles. The maximum Gasteiger partial charge on any atom is 0.307 e. The Morgan fingerprint density at radius 1 is 1.33 bits per heavy atom. The molecule has 0 aromatic rings. The van der Waals surface area contributed by atoms with Gasteiger partial charge < -0.3 is 15.2 Å². The number of carboxylic acid groups (broad SMARTS) is 1. The van der Waals surface area contributed by atoms with Crippen LogP contribution in [0.15, 0.2) is 12.2 Å². The maximum absolute atomic E-state index is 12.1. The van der Waals surface area contributed by atoms with Gasteiger partial charge in [0.2, 0.25) is 5.91 Å². The molecule has 0 fully saturated rings. The first-order chi connectivity index (χ1) is 8.37. The second-order valence-corrected chi connectivity index (χ2v) is 5.30. The molecule has 5 heteroatoms. The molecule has 0 bridgehead atoms. The van der Waals surface area contributed by atoms with Crippen LogP contribution in [0.4, 0.5) is 0 Å². The van der Waals surface area contributed by atoms with Crippen LogP contribution in [-0.4, -0.2) is 36.2 Å². The van der Waals surface area contributed by atoms with Gasteiger partial charge in [0.05, 0.1) is 24.0 Å². The monoisotopic (exact) mass is 255 g/mol. The molecule has 0 heterocycles. The zero-order valence-electron chi connectivity index (χ0n) is 11.1. The number of rotatable bonds is 5. The van der Waals surface area contributed by atoms with Crippen LogP contribution in [0.3, 0.4) is 0 Å². The number of carbonyl (C=O) groups is 2. The number of methoxy groups -OCH3 is 1. The van der Waals surface area contributed by atoms with Crippen molar-refractivity contribution in [2.24, 2.45) is 11.8 Å². The van der Waals surface area contributed by atoms with Crippen molar-refractivity contribution in [3.05, 3.63) is 12.2 Å². The lowest BCUT2D eigenvalue weighted by Gasteiger charge is -2.30. The lowest BCUT2D eigenvalue weighted by molar-refractivity contribution is -0.147. The van der Waals surface area contributed by atoms with E-state index in [1.807, 2.05) is 26.0 Å². The third kappa shape index (κ3) is 3.84. The number of allylic oxidation sites excluding steroid dienone is 2. The summed E-state index contributed by atoms with van der Waals surface area (Å²) in [5.41, 5.74) is -0.490. The van der Waals surface area contributed by atoms with Crippen molar-refractivity contribution in [3.63, 3.8) is 0 Å². The van der Waals surface area contributed by atoms with Crippen LogP contribution in [0, 0.1) is 11.8 Å². The highest BCUT2D eigenvalue weighted by atomic mass is 16.5. The van der Waals surface area contributed by atoms with E-state index in [9.17, 15) is 9.59 Å². The number of ether oxygens (including phenoxy) is 1. The first-order valence-corrected chi connectivity index (χ1v) is 6.06. The summed E-state index contributed by atoms with van der Waals surface area (Å²) in [6.45, 7) is 4.09. The fraction of sp³-hybridized carbons (Fsp3) is 0.692. The first kappa shape index (κ1) is 14.7. The van der Waals surface area contributed by atoms with E-state index in [0.29, 0.717) is 19.4 Å². The third-order valence-corrected chi connectivity index (χ3v) is 3.05. The Hall–Kier alpha value is -1.36. The average molecular weight is 255 g/mol.